The van der Waals surface area contributed by atoms with Crippen molar-refractivity contribution in [1.82, 2.24) is 9.55 Å². The number of amides is 1. The summed E-state index contributed by atoms with van der Waals surface area (Å²) in [5.41, 5.74) is 8.18. The SMILES string of the molecule is COc1cc(Nc2nc3cc(C(N)=O)ccc3n2CC(C)C)cc(OC)c1OC. The molecule has 0 saturated carbocycles. The maximum atomic E-state index is 11.5. The second-order valence-electron chi connectivity index (χ2n) is 7.05. The van der Waals surface area contributed by atoms with Crippen molar-refractivity contribution >= 4 is 28.6 Å². The van der Waals surface area contributed by atoms with Crippen LogP contribution in [0.5, 0.6) is 17.2 Å². The van der Waals surface area contributed by atoms with Crippen molar-refractivity contribution in [2.75, 3.05) is 26.6 Å². The van der Waals surface area contributed by atoms with Gasteiger partial charge in [-0.1, -0.05) is 13.8 Å². The highest BCUT2D eigenvalue weighted by atomic mass is 16.5. The van der Waals surface area contributed by atoms with Gasteiger partial charge in [0.05, 0.1) is 32.4 Å². The Balaban J connectivity index is 2.10. The van der Waals surface area contributed by atoms with Crippen molar-refractivity contribution in [2.45, 2.75) is 20.4 Å². The molecule has 0 fully saturated rings. The van der Waals surface area contributed by atoms with Gasteiger partial charge in [-0.15, -0.1) is 0 Å². The number of hydrogen-bond donors (Lipinski definition) is 2. The number of primary amides is 1. The first-order chi connectivity index (χ1) is 13.9. The normalized spacial score (nSPS) is 11.0. The lowest BCUT2D eigenvalue weighted by molar-refractivity contribution is 0.100. The van der Waals surface area contributed by atoms with Crippen molar-refractivity contribution in [1.29, 1.82) is 0 Å². The van der Waals surface area contributed by atoms with Crippen LogP contribution in [0.15, 0.2) is 30.3 Å². The summed E-state index contributed by atoms with van der Waals surface area (Å²) in [5.74, 6) is 2.15. The van der Waals surface area contributed by atoms with E-state index in [1.807, 2.05) is 18.2 Å². The molecule has 0 spiro atoms. The zero-order chi connectivity index (χ0) is 21.1. The molecule has 0 radical (unpaired) electrons. The Morgan fingerprint density at radius 1 is 1.10 bits per heavy atom. The van der Waals surface area contributed by atoms with E-state index in [0.29, 0.717) is 40.2 Å². The molecule has 0 aliphatic rings. The van der Waals surface area contributed by atoms with Gasteiger partial charge in [0.2, 0.25) is 17.6 Å². The van der Waals surface area contributed by atoms with E-state index >= 15 is 0 Å². The molecule has 3 N–H and O–H groups in total. The average Bonchev–Trinajstić information content (AvgIpc) is 3.02. The summed E-state index contributed by atoms with van der Waals surface area (Å²) in [6, 6.07) is 8.91. The van der Waals surface area contributed by atoms with Crippen molar-refractivity contribution in [3.05, 3.63) is 35.9 Å². The Morgan fingerprint density at radius 2 is 1.76 bits per heavy atom. The summed E-state index contributed by atoms with van der Waals surface area (Å²) >= 11 is 0. The molecule has 0 bridgehead atoms. The molecule has 0 atom stereocenters. The van der Waals surface area contributed by atoms with Crippen LogP contribution in [0.1, 0.15) is 24.2 Å². The number of benzene rings is 2. The van der Waals surface area contributed by atoms with Crippen molar-refractivity contribution < 1.29 is 19.0 Å². The third-order valence-electron chi connectivity index (χ3n) is 4.50. The lowest BCUT2D eigenvalue weighted by Crippen LogP contribution is -2.11. The fourth-order valence-corrected chi connectivity index (χ4v) is 3.21. The number of nitrogens with zero attached hydrogens (tertiary/aromatic N) is 2. The first kappa shape index (κ1) is 20.3. The molecular weight excluding hydrogens is 372 g/mol. The van der Waals surface area contributed by atoms with E-state index < -0.39 is 5.91 Å². The Morgan fingerprint density at radius 3 is 2.28 bits per heavy atom. The molecule has 154 valence electrons. The molecule has 0 aliphatic heterocycles. The standard InChI is InChI=1S/C21H26N4O4/c1-12(2)11-25-16-7-6-13(20(22)26)8-15(16)24-21(25)23-14-9-17(27-3)19(29-5)18(10-14)28-4/h6-10,12H,11H2,1-5H3,(H2,22,26)(H,23,24). The van der Waals surface area contributed by atoms with E-state index in [1.165, 1.54) is 0 Å². The van der Waals surface area contributed by atoms with Crippen LogP contribution in [0.3, 0.4) is 0 Å². The van der Waals surface area contributed by atoms with Crippen LogP contribution in [0, 0.1) is 5.92 Å². The Kier molecular flexibility index (Phi) is 5.81. The molecular formula is C21H26N4O4. The molecule has 1 aromatic heterocycles. The molecule has 1 amide bonds. The summed E-state index contributed by atoms with van der Waals surface area (Å²) < 4.78 is 18.3. The number of rotatable bonds is 8. The minimum absolute atomic E-state index is 0.392. The summed E-state index contributed by atoms with van der Waals surface area (Å²) in [7, 11) is 4.70. The van der Waals surface area contributed by atoms with Crippen LogP contribution in [0.4, 0.5) is 11.6 Å². The minimum Gasteiger partial charge on any atom is -0.493 e. The molecule has 3 rings (SSSR count). The number of imidazole rings is 1. The van der Waals surface area contributed by atoms with Gasteiger partial charge in [0.1, 0.15) is 0 Å². The van der Waals surface area contributed by atoms with Crippen LogP contribution < -0.4 is 25.3 Å². The van der Waals surface area contributed by atoms with Gasteiger partial charge in [-0.2, -0.15) is 0 Å². The smallest absolute Gasteiger partial charge is 0.248 e. The third-order valence-corrected chi connectivity index (χ3v) is 4.50. The molecule has 0 unspecified atom stereocenters. The van der Waals surface area contributed by atoms with Crippen LogP contribution in [0.2, 0.25) is 0 Å². The van der Waals surface area contributed by atoms with Crippen LogP contribution >= 0.6 is 0 Å². The zero-order valence-corrected chi connectivity index (χ0v) is 17.3. The summed E-state index contributed by atoms with van der Waals surface area (Å²) in [6.07, 6.45) is 0. The monoisotopic (exact) mass is 398 g/mol. The Bertz CT molecular complexity index is 1020. The van der Waals surface area contributed by atoms with E-state index in [-0.39, 0.29) is 0 Å². The van der Waals surface area contributed by atoms with Crippen LogP contribution in [0.25, 0.3) is 11.0 Å². The molecule has 0 saturated heterocycles. The fourth-order valence-electron chi connectivity index (χ4n) is 3.21. The van der Waals surface area contributed by atoms with Gasteiger partial charge < -0.3 is 29.8 Å². The van der Waals surface area contributed by atoms with Crippen LogP contribution in [-0.2, 0) is 6.54 Å². The quantitative estimate of drug-likeness (QED) is 0.602. The third kappa shape index (κ3) is 4.06. The van der Waals surface area contributed by atoms with E-state index in [4.69, 9.17) is 19.9 Å². The average molecular weight is 398 g/mol. The highest BCUT2D eigenvalue weighted by molar-refractivity contribution is 5.96. The number of carbonyl (C=O) groups excluding carboxylic acids is 1. The number of hydrogen-bond acceptors (Lipinski definition) is 6. The van der Waals surface area contributed by atoms with E-state index in [2.05, 4.69) is 28.7 Å². The number of ether oxygens (including phenoxy) is 3. The van der Waals surface area contributed by atoms with Crippen molar-refractivity contribution in [3.8, 4) is 17.2 Å². The summed E-state index contributed by atoms with van der Waals surface area (Å²) in [6.45, 7) is 5.01. The van der Waals surface area contributed by atoms with Crippen molar-refractivity contribution in [3.63, 3.8) is 0 Å². The Labute approximate surface area is 169 Å². The molecule has 3 aromatic rings. The molecule has 2 aromatic carbocycles. The van der Waals surface area contributed by atoms with E-state index in [1.54, 1.807) is 33.5 Å². The number of fused-ring (bicyclic) bond motifs is 1. The first-order valence-corrected chi connectivity index (χ1v) is 9.25. The van der Waals surface area contributed by atoms with Gasteiger partial charge in [0, 0.05) is 29.9 Å². The number of nitrogens with two attached hydrogens (primary N) is 1. The lowest BCUT2D eigenvalue weighted by Gasteiger charge is -2.16. The number of carbonyl (C=O) groups is 1. The van der Waals surface area contributed by atoms with Gasteiger partial charge in [-0.25, -0.2) is 4.98 Å². The number of anilines is 2. The molecule has 8 heteroatoms. The highest BCUT2D eigenvalue weighted by Crippen LogP contribution is 2.40. The maximum Gasteiger partial charge on any atom is 0.248 e. The largest absolute Gasteiger partial charge is 0.493 e. The first-order valence-electron chi connectivity index (χ1n) is 9.25. The molecule has 0 aliphatic carbocycles. The minimum atomic E-state index is -0.482. The van der Waals surface area contributed by atoms with Gasteiger partial charge in [0.25, 0.3) is 0 Å². The lowest BCUT2D eigenvalue weighted by atomic mass is 10.2. The van der Waals surface area contributed by atoms with Crippen LogP contribution in [-0.4, -0.2) is 36.8 Å². The summed E-state index contributed by atoms with van der Waals surface area (Å²) in [4.78, 5) is 16.2. The topological polar surface area (TPSA) is 101 Å². The Hall–Kier alpha value is -3.42. The van der Waals surface area contributed by atoms with E-state index in [9.17, 15) is 4.79 Å². The van der Waals surface area contributed by atoms with E-state index in [0.717, 1.165) is 17.7 Å². The number of nitrogens with one attached hydrogen (secondary N) is 1. The van der Waals surface area contributed by atoms with Gasteiger partial charge in [-0.05, 0) is 24.1 Å². The number of methoxy groups -OCH3 is 3. The molecule has 1 heterocycles. The van der Waals surface area contributed by atoms with Crippen molar-refractivity contribution in [2.24, 2.45) is 11.7 Å². The molecule has 29 heavy (non-hydrogen) atoms. The summed E-state index contributed by atoms with van der Waals surface area (Å²) in [5, 5.41) is 3.34. The zero-order valence-electron chi connectivity index (χ0n) is 17.3. The maximum absolute atomic E-state index is 11.5. The fraction of sp³-hybridized carbons (Fsp3) is 0.333. The predicted molar refractivity (Wildman–Crippen MR) is 112 cm³/mol. The second-order valence-corrected chi connectivity index (χ2v) is 7.05. The highest BCUT2D eigenvalue weighted by Gasteiger charge is 2.17. The number of aromatic nitrogens is 2. The second kappa shape index (κ2) is 8.30. The van der Waals surface area contributed by atoms with Gasteiger partial charge in [-0.3, -0.25) is 4.79 Å². The van der Waals surface area contributed by atoms with Gasteiger partial charge in [0.15, 0.2) is 11.5 Å². The van der Waals surface area contributed by atoms with Gasteiger partial charge >= 0.3 is 0 Å². The molecule has 8 nitrogen and oxygen atoms in total. The predicted octanol–water partition coefficient (Wildman–Crippen LogP) is 3.56.